The highest BCUT2D eigenvalue weighted by atomic mass is 16.5. The molecule has 18 heavy (non-hydrogen) atoms. The minimum Gasteiger partial charge on any atom is -0.458 e. The van der Waals surface area contributed by atoms with E-state index in [1.807, 2.05) is 25.5 Å². The zero-order valence-electron chi connectivity index (χ0n) is 11.3. The SMILES string of the molecule is Cc1c(C(=O)OC(C)C)nnn1CC1CCCC1. The average molecular weight is 251 g/mol. The molecule has 1 aliphatic carbocycles. The number of rotatable bonds is 4. The molecule has 1 saturated carbocycles. The summed E-state index contributed by atoms with van der Waals surface area (Å²) in [5.74, 6) is 0.305. The molecule has 1 fully saturated rings. The van der Waals surface area contributed by atoms with Crippen LogP contribution < -0.4 is 0 Å². The summed E-state index contributed by atoms with van der Waals surface area (Å²) in [7, 11) is 0. The highest BCUT2D eigenvalue weighted by molar-refractivity contribution is 5.88. The van der Waals surface area contributed by atoms with E-state index >= 15 is 0 Å². The molecule has 0 aromatic carbocycles. The fraction of sp³-hybridized carbons (Fsp3) is 0.769. The lowest BCUT2D eigenvalue weighted by Gasteiger charge is -2.10. The van der Waals surface area contributed by atoms with Crippen molar-refractivity contribution < 1.29 is 9.53 Å². The van der Waals surface area contributed by atoms with Gasteiger partial charge in [-0.3, -0.25) is 0 Å². The summed E-state index contributed by atoms with van der Waals surface area (Å²) in [6.45, 7) is 6.41. The van der Waals surface area contributed by atoms with Crippen molar-refractivity contribution in [3.63, 3.8) is 0 Å². The Labute approximate surface area is 108 Å². The minimum absolute atomic E-state index is 0.128. The molecule has 0 radical (unpaired) electrons. The van der Waals surface area contributed by atoms with Gasteiger partial charge in [-0.15, -0.1) is 5.10 Å². The van der Waals surface area contributed by atoms with Crippen LogP contribution in [0.25, 0.3) is 0 Å². The van der Waals surface area contributed by atoms with Gasteiger partial charge in [-0.25, -0.2) is 9.48 Å². The highest BCUT2D eigenvalue weighted by Gasteiger charge is 2.22. The van der Waals surface area contributed by atoms with Crippen LogP contribution in [0.15, 0.2) is 0 Å². The number of nitrogens with zero attached hydrogens (tertiary/aromatic N) is 3. The standard InChI is InChI=1S/C13H21N3O2/c1-9(2)18-13(17)12-10(3)16(15-14-12)8-11-6-4-5-7-11/h9,11H,4-8H2,1-3H3. The molecule has 2 rings (SSSR count). The number of ether oxygens (including phenoxy) is 1. The van der Waals surface area contributed by atoms with E-state index in [0.29, 0.717) is 11.6 Å². The van der Waals surface area contributed by atoms with Gasteiger partial charge in [0.2, 0.25) is 0 Å². The fourth-order valence-electron chi connectivity index (χ4n) is 2.43. The van der Waals surface area contributed by atoms with Crippen LogP contribution in [0.2, 0.25) is 0 Å². The van der Waals surface area contributed by atoms with Gasteiger partial charge >= 0.3 is 5.97 Å². The van der Waals surface area contributed by atoms with E-state index < -0.39 is 0 Å². The van der Waals surface area contributed by atoms with E-state index in [0.717, 1.165) is 12.2 Å². The summed E-state index contributed by atoms with van der Waals surface area (Å²) in [6.07, 6.45) is 4.99. The first-order chi connectivity index (χ1) is 8.58. The summed E-state index contributed by atoms with van der Waals surface area (Å²) in [6, 6.07) is 0. The van der Waals surface area contributed by atoms with Crippen molar-refractivity contribution in [2.24, 2.45) is 5.92 Å². The lowest BCUT2D eigenvalue weighted by Crippen LogP contribution is -2.14. The van der Waals surface area contributed by atoms with Crippen molar-refractivity contribution in [2.45, 2.75) is 59.1 Å². The molecule has 100 valence electrons. The third kappa shape index (κ3) is 2.89. The van der Waals surface area contributed by atoms with Crippen LogP contribution >= 0.6 is 0 Å². The Kier molecular flexibility index (Phi) is 3.99. The average Bonchev–Trinajstić information content (AvgIpc) is 2.90. The molecule has 0 amide bonds. The Morgan fingerprint density at radius 3 is 2.72 bits per heavy atom. The molecule has 0 spiro atoms. The van der Waals surface area contributed by atoms with Gasteiger partial charge in [0, 0.05) is 6.54 Å². The molecule has 1 aliphatic rings. The topological polar surface area (TPSA) is 57.0 Å². The molecule has 5 nitrogen and oxygen atoms in total. The first-order valence-electron chi connectivity index (χ1n) is 6.69. The van der Waals surface area contributed by atoms with Crippen LogP contribution in [0.1, 0.15) is 55.7 Å². The predicted molar refractivity (Wildman–Crippen MR) is 67.3 cm³/mol. The first-order valence-corrected chi connectivity index (χ1v) is 6.69. The lowest BCUT2D eigenvalue weighted by atomic mass is 10.1. The molecular formula is C13H21N3O2. The van der Waals surface area contributed by atoms with E-state index in [2.05, 4.69) is 10.3 Å². The second-order valence-electron chi connectivity index (χ2n) is 5.31. The van der Waals surface area contributed by atoms with E-state index in [-0.39, 0.29) is 12.1 Å². The smallest absolute Gasteiger partial charge is 0.361 e. The quantitative estimate of drug-likeness (QED) is 0.771. The largest absolute Gasteiger partial charge is 0.458 e. The van der Waals surface area contributed by atoms with Gasteiger partial charge in [-0.1, -0.05) is 18.1 Å². The summed E-state index contributed by atoms with van der Waals surface area (Å²) in [5, 5.41) is 8.02. The maximum atomic E-state index is 11.8. The number of carbonyl (C=O) groups is 1. The zero-order chi connectivity index (χ0) is 13.1. The Bertz CT molecular complexity index is 420. The summed E-state index contributed by atoms with van der Waals surface area (Å²) in [4.78, 5) is 11.8. The third-order valence-corrected chi connectivity index (χ3v) is 3.42. The number of aromatic nitrogens is 3. The van der Waals surface area contributed by atoms with Crippen molar-refractivity contribution in [1.29, 1.82) is 0 Å². The van der Waals surface area contributed by atoms with Crippen LogP contribution in [0, 0.1) is 12.8 Å². The number of carbonyl (C=O) groups excluding carboxylic acids is 1. The number of esters is 1. The minimum atomic E-state index is -0.375. The Morgan fingerprint density at radius 1 is 1.44 bits per heavy atom. The van der Waals surface area contributed by atoms with Crippen LogP contribution in [0.5, 0.6) is 0 Å². The van der Waals surface area contributed by atoms with Crippen LogP contribution in [0.3, 0.4) is 0 Å². The van der Waals surface area contributed by atoms with Crippen LogP contribution in [0.4, 0.5) is 0 Å². The predicted octanol–water partition coefficient (Wildman–Crippen LogP) is 2.34. The maximum absolute atomic E-state index is 11.8. The molecular weight excluding hydrogens is 230 g/mol. The van der Waals surface area contributed by atoms with Gasteiger partial charge in [0.25, 0.3) is 0 Å². The van der Waals surface area contributed by atoms with E-state index in [1.54, 1.807) is 0 Å². The van der Waals surface area contributed by atoms with Gasteiger partial charge in [0.1, 0.15) is 0 Å². The molecule has 0 saturated heterocycles. The second kappa shape index (κ2) is 5.50. The Balaban J connectivity index is 2.05. The van der Waals surface area contributed by atoms with E-state index in [4.69, 9.17) is 4.74 Å². The summed E-state index contributed by atoms with van der Waals surface area (Å²) in [5.41, 5.74) is 1.16. The molecule has 1 heterocycles. The second-order valence-corrected chi connectivity index (χ2v) is 5.31. The molecule has 0 N–H and O–H groups in total. The van der Waals surface area contributed by atoms with E-state index in [1.165, 1.54) is 25.7 Å². The highest BCUT2D eigenvalue weighted by Crippen LogP contribution is 2.26. The fourth-order valence-corrected chi connectivity index (χ4v) is 2.43. The third-order valence-electron chi connectivity index (χ3n) is 3.42. The van der Waals surface area contributed by atoms with Crippen LogP contribution in [-0.4, -0.2) is 27.1 Å². The zero-order valence-corrected chi connectivity index (χ0v) is 11.3. The number of hydrogen-bond acceptors (Lipinski definition) is 4. The molecule has 5 heteroatoms. The van der Waals surface area contributed by atoms with Crippen molar-refractivity contribution in [2.75, 3.05) is 0 Å². The molecule has 0 bridgehead atoms. The Hall–Kier alpha value is -1.39. The van der Waals surface area contributed by atoms with Crippen molar-refractivity contribution >= 4 is 5.97 Å². The van der Waals surface area contributed by atoms with Crippen LogP contribution in [-0.2, 0) is 11.3 Å². The van der Waals surface area contributed by atoms with Crippen molar-refractivity contribution in [1.82, 2.24) is 15.0 Å². The molecule has 0 aliphatic heterocycles. The molecule has 0 unspecified atom stereocenters. The summed E-state index contributed by atoms with van der Waals surface area (Å²) >= 11 is 0. The monoisotopic (exact) mass is 251 g/mol. The lowest BCUT2D eigenvalue weighted by molar-refractivity contribution is 0.0370. The maximum Gasteiger partial charge on any atom is 0.361 e. The molecule has 1 aromatic heterocycles. The normalized spacial score (nSPS) is 16.4. The first kappa shape index (κ1) is 13.1. The van der Waals surface area contributed by atoms with Crippen molar-refractivity contribution in [3.05, 3.63) is 11.4 Å². The molecule has 0 atom stereocenters. The van der Waals surface area contributed by atoms with Gasteiger partial charge in [-0.05, 0) is 39.5 Å². The summed E-state index contributed by atoms with van der Waals surface area (Å²) < 4.78 is 6.99. The molecule has 1 aromatic rings. The number of hydrogen-bond donors (Lipinski definition) is 0. The van der Waals surface area contributed by atoms with Gasteiger partial charge in [0.05, 0.1) is 11.8 Å². The Morgan fingerprint density at radius 2 is 2.11 bits per heavy atom. The van der Waals surface area contributed by atoms with Gasteiger partial charge in [-0.2, -0.15) is 0 Å². The van der Waals surface area contributed by atoms with Gasteiger partial charge < -0.3 is 4.74 Å². The van der Waals surface area contributed by atoms with Crippen molar-refractivity contribution in [3.8, 4) is 0 Å². The van der Waals surface area contributed by atoms with Gasteiger partial charge in [0.15, 0.2) is 5.69 Å². The van der Waals surface area contributed by atoms with E-state index in [9.17, 15) is 4.79 Å².